The number of nitrogens with one attached hydrogen (secondary N) is 1. The molecule has 5 rings (SSSR count). The molecule has 2 saturated heterocycles. The standard InChI is InChI=1S/C28H31F3N4O2/c29-21-15-18(16-22(30)27(21)31)5-6-26(37)35-13-9-19(10-14-35)25(36)17-34-11-7-20(8-12-34)28-32-23-3-1-2-4-24(23)33-28/h1-6,15-16,19-20,25,36H,7-14,17H2,(H,32,33)/b6-5+. The van der Waals surface area contributed by atoms with Crippen LogP contribution in [0.3, 0.4) is 0 Å². The van der Waals surface area contributed by atoms with Crippen LogP contribution in [0.15, 0.2) is 42.5 Å². The van der Waals surface area contributed by atoms with Crippen LogP contribution in [0.5, 0.6) is 0 Å². The summed E-state index contributed by atoms with van der Waals surface area (Å²) in [5.74, 6) is -2.83. The van der Waals surface area contributed by atoms with E-state index in [0.29, 0.717) is 38.4 Å². The first kappa shape index (κ1) is 25.5. The van der Waals surface area contributed by atoms with Crippen molar-refractivity contribution >= 4 is 23.0 Å². The van der Waals surface area contributed by atoms with Crippen molar-refractivity contribution in [2.45, 2.75) is 37.7 Å². The SMILES string of the molecule is O=C(/C=C/c1cc(F)c(F)c(F)c1)N1CCC(C(O)CN2CCC(c3nc4ccccc4[nH]3)CC2)CC1. The minimum Gasteiger partial charge on any atom is -0.392 e. The van der Waals surface area contributed by atoms with Gasteiger partial charge in [-0.2, -0.15) is 0 Å². The summed E-state index contributed by atoms with van der Waals surface area (Å²) in [6, 6.07) is 9.76. The first-order valence-electron chi connectivity index (χ1n) is 12.8. The third-order valence-corrected chi connectivity index (χ3v) is 7.65. The molecule has 37 heavy (non-hydrogen) atoms. The quantitative estimate of drug-likeness (QED) is 0.378. The lowest BCUT2D eigenvalue weighted by molar-refractivity contribution is -0.128. The van der Waals surface area contributed by atoms with Gasteiger partial charge in [-0.3, -0.25) is 4.79 Å². The van der Waals surface area contributed by atoms with Crippen LogP contribution in [0, 0.1) is 23.4 Å². The predicted octanol–water partition coefficient (Wildman–Crippen LogP) is 4.47. The van der Waals surface area contributed by atoms with E-state index in [-0.39, 0.29) is 17.4 Å². The number of rotatable bonds is 6. The Morgan fingerprint density at radius 2 is 1.73 bits per heavy atom. The van der Waals surface area contributed by atoms with Crippen molar-refractivity contribution in [3.8, 4) is 0 Å². The second kappa shape index (κ2) is 11.1. The Hall–Kier alpha value is -3.17. The summed E-state index contributed by atoms with van der Waals surface area (Å²) in [6.45, 7) is 3.44. The smallest absolute Gasteiger partial charge is 0.246 e. The Labute approximate surface area is 213 Å². The predicted molar refractivity (Wildman–Crippen MR) is 135 cm³/mol. The number of hydrogen-bond donors (Lipinski definition) is 2. The van der Waals surface area contributed by atoms with E-state index in [2.05, 4.69) is 9.88 Å². The van der Waals surface area contributed by atoms with Crippen LogP contribution in [-0.2, 0) is 4.79 Å². The number of likely N-dealkylation sites (tertiary alicyclic amines) is 2. The Balaban J connectivity index is 1.06. The number of H-pyrrole nitrogens is 1. The van der Waals surface area contributed by atoms with Crippen LogP contribution in [0.2, 0.25) is 0 Å². The number of benzene rings is 2. The first-order valence-corrected chi connectivity index (χ1v) is 12.8. The lowest BCUT2D eigenvalue weighted by atomic mass is 9.89. The number of amides is 1. The summed E-state index contributed by atoms with van der Waals surface area (Å²) in [6.07, 6.45) is 5.44. The fourth-order valence-electron chi connectivity index (χ4n) is 5.42. The average molecular weight is 513 g/mol. The van der Waals surface area contributed by atoms with E-state index in [9.17, 15) is 23.1 Å². The number of β-amino-alcohol motifs (C(OH)–C–C–N with tert-alkyl or cyclic N) is 1. The van der Waals surface area contributed by atoms with Crippen LogP contribution >= 0.6 is 0 Å². The highest BCUT2D eigenvalue weighted by molar-refractivity contribution is 5.91. The molecule has 2 aliphatic rings. The Morgan fingerprint density at radius 3 is 2.41 bits per heavy atom. The lowest BCUT2D eigenvalue weighted by Gasteiger charge is -2.37. The maximum atomic E-state index is 13.4. The number of nitrogens with zero attached hydrogens (tertiary/aromatic N) is 3. The van der Waals surface area contributed by atoms with Gasteiger partial charge in [-0.1, -0.05) is 12.1 Å². The first-order chi connectivity index (χ1) is 17.9. The summed E-state index contributed by atoms with van der Waals surface area (Å²) in [7, 11) is 0. The van der Waals surface area contributed by atoms with Crippen LogP contribution in [0.4, 0.5) is 13.2 Å². The van der Waals surface area contributed by atoms with Crippen molar-refractivity contribution in [2.24, 2.45) is 5.92 Å². The summed E-state index contributed by atoms with van der Waals surface area (Å²) in [5, 5.41) is 10.9. The van der Waals surface area contributed by atoms with E-state index in [1.54, 1.807) is 4.90 Å². The number of carbonyl (C=O) groups excluding carboxylic acids is 1. The van der Waals surface area contributed by atoms with Crippen molar-refractivity contribution in [3.05, 3.63) is 71.3 Å². The monoisotopic (exact) mass is 512 g/mol. The molecule has 0 bridgehead atoms. The van der Waals surface area contributed by atoms with Crippen LogP contribution in [0.25, 0.3) is 17.1 Å². The second-order valence-electron chi connectivity index (χ2n) is 10.1. The molecular formula is C28H31F3N4O2. The molecule has 2 N–H and O–H groups in total. The minimum absolute atomic E-state index is 0.0825. The highest BCUT2D eigenvalue weighted by atomic mass is 19.2. The number of hydrogen-bond acceptors (Lipinski definition) is 4. The average Bonchev–Trinajstić information content (AvgIpc) is 3.35. The van der Waals surface area contributed by atoms with Gasteiger partial charge in [-0.25, -0.2) is 18.2 Å². The maximum Gasteiger partial charge on any atom is 0.246 e. The molecule has 1 atom stereocenters. The van der Waals surface area contributed by atoms with Crippen molar-refractivity contribution < 1.29 is 23.1 Å². The zero-order chi connectivity index (χ0) is 25.9. The number of aromatic nitrogens is 2. The van der Waals surface area contributed by atoms with Gasteiger partial charge < -0.3 is 19.9 Å². The zero-order valence-corrected chi connectivity index (χ0v) is 20.5. The molecule has 0 saturated carbocycles. The van der Waals surface area contributed by atoms with Gasteiger partial charge in [0, 0.05) is 31.6 Å². The van der Waals surface area contributed by atoms with E-state index in [0.717, 1.165) is 54.9 Å². The van der Waals surface area contributed by atoms with E-state index in [1.807, 2.05) is 24.3 Å². The molecule has 0 aliphatic carbocycles. The van der Waals surface area contributed by atoms with Crippen LogP contribution in [-0.4, -0.2) is 69.6 Å². The van der Waals surface area contributed by atoms with Gasteiger partial charge in [-0.15, -0.1) is 0 Å². The number of imidazole rings is 1. The lowest BCUT2D eigenvalue weighted by Crippen LogP contribution is -2.45. The number of para-hydroxylation sites is 2. The molecule has 1 unspecified atom stereocenters. The van der Waals surface area contributed by atoms with Crippen molar-refractivity contribution in [1.29, 1.82) is 0 Å². The van der Waals surface area contributed by atoms with Gasteiger partial charge in [0.2, 0.25) is 5.91 Å². The number of aromatic amines is 1. The zero-order valence-electron chi connectivity index (χ0n) is 20.5. The summed E-state index contributed by atoms with van der Waals surface area (Å²) in [4.78, 5) is 24.7. The molecule has 9 heteroatoms. The molecule has 0 radical (unpaired) electrons. The Morgan fingerprint density at radius 1 is 1.05 bits per heavy atom. The van der Waals surface area contributed by atoms with Crippen molar-refractivity contribution in [2.75, 3.05) is 32.7 Å². The minimum atomic E-state index is -1.53. The highest BCUT2D eigenvalue weighted by Gasteiger charge is 2.30. The van der Waals surface area contributed by atoms with Crippen molar-refractivity contribution in [3.63, 3.8) is 0 Å². The molecule has 2 aliphatic heterocycles. The Kier molecular flexibility index (Phi) is 7.62. The number of aliphatic hydroxyl groups excluding tert-OH is 1. The molecule has 1 aromatic heterocycles. The fraction of sp³-hybridized carbons (Fsp3) is 0.429. The normalized spacial score (nSPS) is 19.2. The topological polar surface area (TPSA) is 72.5 Å². The van der Waals surface area contributed by atoms with Gasteiger partial charge in [0.1, 0.15) is 5.82 Å². The maximum absolute atomic E-state index is 13.4. The third-order valence-electron chi connectivity index (χ3n) is 7.65. The molecule has 1 amide bonds. The Bertz CT molecular complexity index is 1220. The molecule has 2 aromatic carbocycles. The second-order valence-corrected chi connectivity index (χ2v) is 10.1. The summed E-state index contributed by atoms with van der Waals surface area (Å²) >= 11 is 0. The molecule has 3 aromatic rings. The van der Waals surface area contributed by atoms with E-state index >= 15 is 0 Å². The number of halogens is 3. The van der Waals surface area contributed by atoms with E-state index in [4.69, 9.17) is 4.98 Å². The largest absolute Gasteiger partial charge is 0.392 e. The van der Waals surface area contributed by atoms with Gasteiger partial charge in [-0.05, 0) is 80.6 Å². The van der Waals surface area contributed by atoms with E-state index in [1.165, 1.54) is 12.2 Å². The molecular weight excluding hydrogens is 481 g/mol. The highest BCUT2D eigenvalue weighted by Crippen LogP contribution is 2.29. The number of aliphatic hydroxyl groups is 1. The number of fused-ring (bicyclic) bond motifs is 1. The molecule has 2 fully saturated rings. The fourth-order valence-corrected chi connectivity index (χ4v) is 5.42. The van der Waals surface area contributed by atoms with Gasteiger partial charge >= 0.3 is 0 Å². The van der Waals surface area contributed by atoms with Gasteiger partial charge in [0.25, 0.3) is 0 Å². The molecule has 0 spiro atoms. The van der Waals surface area contributed by atoms with Gasteiger partial charge in [0.15, 0.2) is 17.5 Å². The van der Waals surface area contributed by atoms with E-state index < -0.39 is 23.6 Å². The van der Waals surface area contributed by atoms with Crippen LogP contribution < -0.4 is 0 Å². The number of carbonyl (C=O) groups is 1. The third kappa shape index (κ3) is 5.88. The number of piperidine rings is 2. The summed E-state index contributed by atoms with van der Waals surface area (Å²) in [5.41, 5.74) is 2.14. The van der Waals surface area contributed by atoms with Crippen LogP contribution in [0.1, 0.15) is 43.0 Å². The summed E-state index contributed by atoms with van der Waals surface area (Å²) < 4.78 is 39.8. The van der Waals surface area contributed by atoms with Gasteiger partial charge in [0.05, 0.1) is 17.1 Å². The molecule has 3 heterocycles. The van der Waals surface area contributed by atoms with Crippen molar-refractivity contribution in [1.82, 2.24) is 19.8 Å². The molecule has 196 valence electrons. The molecule has 6 nitrogen and oxygen atoms in total.